The number of hydroxylamine groups is 2. The second-order valence-corrected chi connectivity index (χ2v) is 2.85. The summed E-state index contributed by atoms with van der Waals surface area (Å²) in [6.45, 7) is 2.03. The molecule has 10 heavy (non-hydrogen) atoms. The van der Waals surface area contributed by atoms with Crippen LogP contribution in [0, 0.1) is 5.92 Å². The molecule has 1 aliphatic heterocycles. The second-order valence-electron chi connectivity index (χ2n) is 2.85. The molecule has 0 bridgehead atoms. The first-order chi connectivity index (χ1) is 4.55. The Morgan fingerprint density at radius 3 is 2.50 bits per heavy atom. The van der Waals surface area contributed by atoms with Crippen molar-refractivity contribution in [2.24, 2.45) is 5.92 Å². The van der Waals surface area contributed by atoms with Gasteiger partial charge < -0.3 is 15.4 Å². The van der Waals surface area contributed by atoms with Crippen LogP contribution in [0.25, 0.3) is 0 Å². The van der Waals surface area contributed by atoms with Gasteiger partial charge in [-0.15, -0.1) is 5.06 Å². The van der Waals surface area contributed by atoms with Crippen molar-refractivity contribution in [3.05, 3.63) is 0 Å². The third kappa shape index (κ3) is 1.15. The second kappa shape index (κ2) is 2.47. The summed E-state index contributed by atoms with van der Waals surface area (Å²) in [6.07, 6.45) is 1.55. The smallest absolute Gasteiger partial charge is 0.249 e. The van der Waals surface area contributed by atoms with E-state index in [2.05, 4.69) is 0 Å². The molecule has 1 fully saturated rings. The first-order valence-electron chi connectivity index (χ1n) is 3.46. The van der Waals surface area contributed by atoms with Gasteiger partial charge in [-0.1, -0.05) is 6.92 Å². The molecule has 0 radical (unpaired) electrons. The monoisotopic (exact) mass is 147 g/mol. The summed E-state index contributed by atoms with van der Waals surface area (Å²) in [5.41, 5.74) is 0. The van der Waals surface area contributed by atoms with Crippen molar-refractivity contribution in [3.8, 4) is 0 Å². The van der Waals surface area contributed by atoms with Crippen LogP contribution in [0.5, 0.6) is 0 Å². The largest absolute Gasteiger partial charge is 0.352 e. The van der Waals surface area contributed by atoms with Gasteiger partial charge in [0.1, 0.15) is 0 Å². The fraction of sp³-hybridized carbons (Fsp3) is 1.00. The zero-order chi connectivity index (χ0) is 7.78. The first-order valence-corrected chi connectivity index (χ1v) is 3.46. The van der Waals surface area contributed by atoms with E-state index in [1.165, 1.54) is 0 Å². The van der Waals surface area contributed by atoms with Crippen molar-refractivity contribution in [3.63, 3.8) is 0 Å². The highest BCUT2D eigenvalue weighted by Gasteiger charge is 2.40. The van der Waals surface area contributed by atoms with Gasteiger partial charge in [-0.25, -0.2) is 0 Å². The van der Waals surface area contributed by atoms with Crippen LogP contribution < -0.4 is 0 Å². The number of rotatable bonds is 0. The molecule has 1 saturated heterocycles. The molecule has 1 rings (SSSR count). The van der Waals surface area contributed by atoms with Crippen LogP contribution >= 0.6 is 0 Å². The Bertz CT molecular complexity index is 114. The lowest BCUT2D eigenvalue weighted by atomic mass is 9.97. The summed E-state index contributed by atoms with van der Waals surface area (Å²) in [5, 5.41) is 27.8. The van der Waals surface area contributed by atoms with E-state index in [-0.39, 0.29) is 5.92 Å². The number of hydrogen-bond donors (Lipinski definition) is 3. The van der Waals surface area contributed by atoms with Crippen molar-refractivity contribution in [1.82, 2.24) is 5.06 Å². The van der Waals surface area contributed by atoms with Crippen molar-refractivity contribution >= 4 is 0 Å². The molecule has 1 atom stereocenters. The van der Waals surface area contributed by atoms with Gasteiger partial charge in [-0.3, -0.25) is 0 Å². The maximum atomic E-state index is 9.14. The van der Waals surface area contributed by atoms with Crippen LogP contribution in [-0.4, -0.2) is 32.9 Å². The number of aliphatic hydroxyl groups is 2. The Balaban J connectivity index is 2.63. The Morgan fingerprint density at radius 1 is 1.50 bits per heavy atom. The molecule has 60 valence electrons. The summed E-state index contributed by atoms with van der Waals surface area (Å²) in [5.74, 6) is -2.30. The highest BCUT2D eigenvalue weighted by Crippen LogP contribution is 2.26. The third-order valence-corrected chi connectivity index (χ3v) is 2.05. The third-order valence-electron chi connectivity index (χ3n) is 2.05. The molecule has 0 aromatic heterocycles. The van der Waals surface area contributed by atoms with Crippen LogP contribution in [-0.2, 0) is 0 Å². The van der Waals surface area contributed by atoms with Gasteiger partial charge in [0.05, 0.1) is 0 Å². The summed E-state index contributed by atoms with van der Waals surface area (Å²) < 4.78 is 0. The fourth-order valence-electron chi connectivity index (χ4n) is 1.16. The molecule has 0 aliphatic carbocycles. The van der Waals surface area contributed by atoms with Crippen LogP contribution in [0.2, 0.25) is 0 Å². The van der Waals surface area contributed by atoms with Crippen LogP contribution in [0.4, 0.5) is 0 Å². The van der Waals surface area contributed by atoms with Crippen molar-refractivity contribution in [2.75, 3.05) is 6.54 Å². The van der Waals surface area contributed by atoms with E-state index >= 15 is 0 Å². The molecule has 0 saturated carbocycles. The van der Waals surface area contributed by atoms with E-state index in [1.807, 2.05) is 0 Å². The van der Waals surface area contributed by atoms with Crippen molar-refractivity contribution in [2.45, 2.75) is 25.7 Å². The molecule has 4 nitrogen and oxygen atoms in total. The van der Waals surface area contributed by atoms with Crippen molar-refractivity contribution in [1.29, 1.82) is 0 Å². The van der Waals surface area contributed by atoms with Gasteiger partial charge in [-0.05, 0) is 12.8 Å². The molecule has 0 spiro atoms. The zero-order valence-electron chi connectivity index (χ0n) is 5.99. The van der Waals surface area contributed by atoms with E-state index < -0.39 is 5.91 Å². The highest BCUT2D eigenvalue weighted by atomic mass is 16.6. The quantitative estimate of drug-likeness (QED) is 0.413. The number of hydrogen-bond acceptors (Lipinski definition) is 4. The van der Waals surface area contributed by atoms with Gasteiger partial charge in [0.15, 0.2) is 0 Å². The van der Waals surface area contributed by atoms with Crippen LogP contribution in [0.1, 0.15) is 19.8 Å². The van der Waals surface area contributed by atoms with Crippen LogP contribution in [0.15, 0.2) is 0 Å². The fourth-order valence-corrected chi connectivity index (χ4v) is 1.16. The SMILES string of the molecule is CC1CCCN(O)C1(O)O. The van der Waals surface area contributed by atoms with E-state index in [0.717, 1.165) is 12.8 Å². The summed E-state index contributed by atoms with van der Waals surface area (Å²) in [6, 6.07) is 0. The Morgan fingerprint density at radius 2 is 2.10 bits per heavy atom. The minimum atomic E-state index is -2.02. The van der Waals surface area contributed by atoms with Gasteiger partial charge in [0.25, 0.3) is 0 Å². The molecule has 1 unspecified atom stereocenters. The molecule has 0 aromatic rings. The lowest BCUT2D eigenvalue weighted by Gasteiger charge is -2.38. The van der Waals surface area contributed by atoms with Gasteiger partial charge in [0.2, 0.25) is 5.91 Å². The predicted octanol–water partition coefficient (Wildman–Crippen LogP) is -0.254. The lowest BCUT2D eigenvalue weighted by molar-refractivity contribution is -0.392. The number of piperidine rings is 1. The highest BCUT2D eigenvalue weighted by molar-refractivity contribution is 4.74. The normalized spacial score (nSPS) is 34.2. The zero-order valence-corrected chi connectivity index (χ0v) is 5.99. The Kier molecular flexibility index (Phi) is 1.96. The van der Waals surface area contributed by atoms with Gasteiger partial charge >= 0.3 is 0 Å². The molecule has 0 aromatic carbocycles. The average Bonchev–Trinajstić information content (AvgIpc) is 1.84. The maximum absolute atomic E-state index is 9.14. The molecule has 4 heteroatoms. The molecular weight excluding hydrogens is 134 g/mol. The summed E-state index contributed by atoms with van der Waals surface area (Å²) >= 11 is 0. The maximum Gasteiger partial charge on any atom is 0.249 e. The van der Waals surface area contributed by atoms with Crippen molar-refractivity contribution < 1.29 is 15.4 Å². The van der Waals surface area contributed by atoms with E-state index in [4.69, 9.17) is 15.4 Å². The Hall–Kier alpha value is -0.160. The average molecular weight is 147 g/mol. The summed E-state index contributed by atoms with van der Waals surface area (Å²) in [4.78, 5) is 0. The Labute approximate surface area is 59.7 Å². The van der Waals surface area contributed by atoms with E-state index in [0.29, 0.717) is 11.6 Å². The molecular formula is C6H13NO3. The first kappa shape index (κ1) is 7.94. The standard InChI is InChI=1S/C6H13NO3/c1-5-3-2-4-7(10)6(5,8)9/h5,8-10H,2-4H2,1H3. The van der Waals surface area contributed by atoms with Gasteiger partial charge in [0, 0.05) is 12.5 Å². The number of nitrogens with zero attached hydrogens (tertiary/aromatic N) is 1. The molecule has 1 heterocycles. The molecule has 3 N–H and O–H groups in total. The van der Waals surface area contributed by atoms with Crippen LogP contribution in [0.3, 0.4) is 0 Å². The van der Waals surface area contributed by atoms with E-state index in [1.54, 1.807) is 6.92 Å². The van der Waals surface area contributed by atoms with Gasteiger partial charge in [-0.2, -0.15) is 0 Å². The summed E-state index contributed by atoms with van der Waals surface area (Å²) in [7, 11) is 0. The molecule has 1 aliphatic rings. The minimum Gasteiger partial charge on any atom is -0.352 e. The molecule has 0 amide bonds. The van der Waals surface area contributed by atoms with E-state index in [9.17, 15) is 0 Å². The lowest BCUT2D eigenvalue weighted by Crippen LogP contribution is -2.54. The minimum absolute atomic E-state index is 0.286. The topological polar surface area (TPSA) is 63.9 Å². The predicted molar refractivity (Wildman–Crippen MR) is 34.1 cm³/mol.